The van der Waals surface area contributed by atoms with Gasteiger partial charge in [0.1, 0.15) is 0 Å². The van der Waals surface area contributed by atoms with Gasteiger partial charge in [-0.25, -0.2) is 0 Å². The maximum absolute atomic E-state index is 13.0. The van der Waals surface area contributed by atoms with E-state index in [9.17, 15) is 40.7 Å². The lowest BCUT2D eigenvalue weighted by atomic mass is 9.87. The van der Waals surface area contributed by atoms with E-state index in [4.69, 9.17) is 0 Å². The Bertz CT molecular complexity index is 1230. The molecule has 1 saturated heterocycles. The third kappa shape index (κ3) is 6.55. The van der Waals surface area contributed by atoms with Crippen LogP contribution in [-0.2, 0) is 17.1 Å². The fraction of sp³-hybridized carbons (Fsp3) is 0.480. The number of hydrogen-bond donors (Lipinski definition) is 2. The topological polar surface area (TPSA) is 83.4 Å². The molecule has 2 aromatic rings. The number of rotatable bonds is 6. The van der Waals surface area contributed by atoms with Gasteiger partial charge in [0.2, 0.25) is 5.91 Å². The molecular weight excluding hydrogens is 518 g/mol. The molecule has 1 aromatic carbocycles. The molecule has 0 unspecified atom stereocenters. The van der Waals surface area contributed by atoms with Crippen molar-refractivity contribution in [3.05, 3.63) is 69.6 Å². The summed E-state index contributed by atoms with van der Waals surface area (Å²) in [5, 5.41) is 5.08. The van der Waals surface area contributed by atoms with E-state index in [1.807, 2.05) is 0 Å². The Morgan fingerprint density at radius 1 is 0.868 bits per heavy atom. The summed E-state index contributed by atoms with van der Waals surface area (Å²) in [5.41, 5.74) is -2.48. The molecule has 1 saturated carbocycles. The van der Waals surface area contributed by atoms with E-state index in [2.05, 4.69) is 15.5 Å². The largest absolute Gasteiger partial charge is 0.417 e. The predicted molar refractivity (Wildman–Crippen MR) is 124 cm³/mol. The van der Waals surface area contributed by atoms with E-state index < -0.39 is 40.9 Å². The summed E-state index contributed by atoms with van der Waals surface area (Å²) in [4.78, 5) is 38.6. The zero-order valence-electron chi connectivity index (χ0n) is 20.1. The van der Waals surface area contributed by atoms with Gasteiger partial charge in [0, 0.05) is 43.0 Å². The van der Waals surface area contributed by atoms with Gasteiger partial charge < -0.3 is 15.2 Å². The Morgan fingerprint density at radius 3 is 2.13 bits per heavy atom. The number of nitrogens with zero attached hydrogens (tertiary/aromatic N) is 2. The van der Waals surface area contributed by atoms with Crippen molar-refractivity contribution >= 4 is 11.8 Å². The van der Waals surface area contributed by atoms with Crippen molar-refractivity contribution in [3.8, 4) is 0 Å². The summed E-state index contributed by atoms with van der Waals surface area (Å²) < 4.78 is 78.7. The molecule has 2 fully saturated rings. The monoisotopic (exact) mass is 544 g/mol. The molecule has 7 nitrogen and oxygen atoms in total. The molecule has 2 N–H and O–H groups in total. The SMILES string of the molecule is O=C(CNC(=O)c1cccc(C(F)(F)F)c1)NC1CN([C@H]2CC[C@@H](n3cc(C(F)(F)F)ccc3=O)CC2)C1. The van der Waals surface area contributed by atoms with Gasteiger partial charge in [0.15, 0.2) is 0 Å². The molecule has 2 aliphatic rings. The average Bonchev–Trinajstić information content (AvgIpc) is 2.84. The van der Waals surface area contributed by atoms with Gasteiger partial charge in [0.05, 0.1) is 23.7 Å². The summed E-state index contributed by atoms with van der Waals surface area (Å²) in [7, 11) is 0. The molecular formula is C25H26F6N4O3. The van der Waals surface area contributed by atoms with E-state index in [0.717, 1.165) is 36.5 Å². The van der Waals surface area contributed by atoms with Crippen LogP contribution in [0.3, 0.4) is 0 Å². The first kappa shape index (κ1) is 27.7. The lowest BCUT2D eigenvalue weighted by Crippen LogP contribution is -2.63. The lowest BCUT2D eigenvalue weighted by Gasteiger charge is -2.46. The minimum absolute atomic E-state index is 0.156. The highest BCUT2D eigenvalue weighted by Crippen LogP contribution is 2.34. The highest BCUT2D eigenvalue weighted by Gasteiger charge is 2.37. The molecule has 0 radical (unpaired) electrons. The van der Waals surface area contributed by atoms with Gasteiger partial charge >= 0.3 is 12.4 Å². The molecule has 0 spiro atoms. The first-order valence-corrected chi connectivity index (χ1v) is 12.1. The zero-order chi connectivity index (χ0) is 27.7. The minimum atomic E-state index is -4.58. The predicted octanol–water partition coefficient (Wildman–Crippen LogP) is 3.60. The Morgan fingerprint density at radius 2 is 1.50 bits per heavy atom. The van der Waals surface area contributed by atoms with Crippen LogP contribution in [0, 0.1) is 0 Å². The summed E-state index contributed by atoms with van der Waals surface area (Å²) in [6, 6.07) is 5.36. The molecule has 2 amide bonds. The number of likely N-dealkylation sites (tertiary alicyclic amines) is 1. The average molecular weight is 544 g/mol. The van der Waals surface area contributed by atoms with E-state index >= 15 is 0 Å². The number of alkyl halides is 6. The summed E-state index contributed by atoms with van der Waals surface area (Å²) in [6.07, 6.45) is -5.72. The smallest absolute Gasteiger partial charge is 0.349 e. The molecule has 1 aliphatic carbocycles. The van der Waals surface area contributed by atoms with Crippen LogP contribution in [0.5, 0.6) is 0 Å². The molecule has 1 aliphatic heterocycles. The quantitative estimate of drug-likeness (QED) is 0.545. The van der Waals surface area contributed by atoms with Gasteiger partial charge in [-0.2, -0.15) is 26.3 Å². The molecule has 2 heterocycles. The second-order valence-corrected chi connectivity index (χ2v) is 9.60. The summed E-state index contributed by atoms with van der Waals surface area (Å²) in [6.45, 7) is 0.737. The van der Waals surface area contributed by atoms with Crippen molar-refractivity contribution in [2.75, 3.05) is 19.6 Å². The van der Waals surface area contributed by atoms with Gasteiger partial charge in [-0.3, -0.25) is 19.3 Å². The van der Waals surface area contributed by atoms with Gasteiger partial charge in [-0.05, 0) is 49.9 Å². The Labute approximate surface area is 213 Å². The number of carbonyl (C=O) groups is 2. The van der Waals surface area contributed by atoms with Crippen LogP contribution in [0.15, 0.2) is 47.4 Å². The number of hydrogen-bond acceptors (Lipinski definition) is 4. The van der Waals surface area contributed by atoms with E-state index in [0.29, 0.717) is 38.8 Å². The van der Waals surface area contributed by atoms with Crippen molar-refractivity contribution < 1.29 is 35.9 Å². The van der Waals surface area contributed by atoms with Crippen LogP contribution >= 0.6 is 0 Å². The van der Waals surface area contributed by atoms with E-state index in [-0.39, 0.29) is 30.2 Å². The normalized spacial score (nSPS) is 21.0. The third-order valence-electron chi connectivity index (χ3n) is 6.98. The zero-order valence-corrected chi connectivity index (χ0v) is 20.1. The highest BCUT2D eigenvalue weighted by atomic mass is 19.4. The van der Waals surface area contributed by atoms with Gasteiger partial charge in [-0.15, -0.1) is 0 Å². The fourth-order valence-corrected chi connectivity index (χ4v) is 4.94. The number of carbonyl (C=O) groups excluding carboxylic acids is 2. The maximum Gasteiger partial charge on any atom is 0.417 e. The molecule has 206 valence electrons. The second-order valence-electron chi connectivity index (χ2n) is 9.60. The molecule has 4 rings (SSSR count). The first-order chi connectivity index (χ1) is 17.8. The van der Waals surface area contributed by atoms with Crippen LogP contribution in [0.1, 0.15) is 53.2 Å². The molecule has 38 heavy (non-hydrogen) atoms. The molecule has 0 bridgehead atoms. The fourth-order valence-electron chi connectivity index (χ4n) is 4.94. The lowest BCUT2D eigenvalue weighted by molar-refractivity contribution is -0.138. The van der Waals surface area contributed by atoms with Gasteiger partial charge in [0.25, 0.3) is 11.5 Å². The van der Waals surface area contributed by atoms with Gasteiger partial charge in [-0.1, -0.05) is 6.07 Å². The van der Waals surface area contributed by atoms with E-state index in [1.165, 1.54) is 10.6 Å². The highest BCUT2D eigenvalue weighted by molar-refractivity contribution is 5.96. The Hall–Kier alpha value is -3.35. The molecule has 1 aromatic heterocycles. The Balaban J connectivity index is 1.19. The number of pyridine rings is 1. The van der Waals surface area contributed by atoms with Crippen LogP contribution in [0.25, 0.3) is 0 Å². The number of amides is 2. The van der Waals surface area contributed by atoms with Crippen LogP contribution in [0.4, 0.5) is 26.3 Å². The number of aromatic nitrogens is 1. The van der Waals surface area contributed by atoms with E-state index in [1.54, 1.807) is 0 Å². The standard InChI is InChI=1S/C25H26F6N4O3/c26-24(27,28)16-3-1-2-15(10-16)23(38)32-11-21(36)33-18-13-34(14-18)19-5-7-20(8-6-19)35-12-17(25(29,30)31)4-9-22(35)37/h1-4,9-10,12,18-20H,5-8,11,13-14H2,(H,32,38)(H,33,36)/t19-,20+. The maximum atomic E-state index is 13.0. The van der Waals surface area contributed by atoms with Crippen molar-refractivity contribution in [2.45, 2.75) is 56.2 Å². The summed E-state index contributed by atoms with van der Waals surface area (Å²) in [5.74, 6) is -1.26. The minimum Gasteiger partial charge on any atom is -0.349 e. The number of halogens is 6. The third-order valence-corrected chi connectivity index (χ3v) is 6.98. The van der Waals surface area contributed by atoms with Crippen molar-refractivity contribution in [1.82, 2.24) is 20.1 Å². The van der Waals surface area contributed by atoms with Crippen molar-refractivity contribution in [1.29, 1.82) is 0 Å². The van der Waals surface area contributed by atoms with Crippen LogP contribution in [0.2, 0.25) is 0 Å². The first-order valence-electron chi connectivity index (χ1n) is 12.1. The Kier molecular flexibility index (Phi) is 7.86. The molecule has 13 heteroatoms. The number of benzene rings is 1. The number of nitrogens with one attached hydrogen (secondary N) is 2. The van der Waals surface area contributed by atoms with Crippen LogP contribution < -0.4 is 16.2 Å². The van der Waals surface area contributed by atoms with Crippen molar-refractivity contribution in [2.24, 2.45) is 0 Å². The second kappa shape index (κ2) is 10.8. The molecule has 0 atom stereocenters. The van der Waals surface area contributed by atoms with Crippen molar-refractivity contribution in [3.63, 3.8) is 0 Å². The summed E-state index contributed by atoms with van der Waals surface area (Å²) >= 11 is 0. The van der Waals surface area contributed by atoms with Crippen LogP contribution in [-0.4, -0.2) is 53.0 Å².